The van der Waals surface area contributed by atoms with E-state index >= 15 is 0 Å². The van der Waals surface area contributed by atoms with Crippen molar-refractivity contribution in [1.82, 2.24) is 0 Å². The molecule has 0 spiro atoms. The van der Waals surface area contributed by atoms with Gasteiger partial charge in [0.1, 0.15) is 0 Å². The van der Waals surface area contributed by atoms with E-state index in [1.807, 2.05) is 59.7 Å². The van der Waals surface area contributed by atoms with E-state index in [9.17, 15) is 0 Å². The van der Waals surface area contributed by atoms with Crippen molar-refractivity contribution < 1.29 is 50.0 Å². The van der Waals surface area contributed by atoms with Crippen LogP contribution in [-0.2, 0) is 50.0 Å². The lowest BCUT2D eigenvalue weighted by atomic mass is 10.9. The molecule has 0 heterocycles. The monoisotopic (exact) mass is 874 g/mol. The van der Waals surface area contributed by atoms with Crippen molar-refractivity contribution in [3.8, 4) is 0 Å². The minimum atomic E-state index is -2.83. The molecule has 0 unspecified atom stereocenters. The molecular weight excluding hydrogens is 801 g/mol. The summed E-state index contributed by atoms with van der Waals surface area (Å²) in [6, 6.07) is 0. The first-order valence-corrected chi connectivity index (χ1v) is 47.5. The van der Waals surface area contributed by atoms with E-state index in [0.717, 1.165) is 0 Å². The van der Waals surface area contributed by atoms with E-state index in [1.165, 1.54) is 0 Å². The van der Waals surface area contributed by atoms with Gasteiger partial charge < -0.3 is 50.0 Å². The van der Waals surface area contributed by atoms with Gasteiger partial charge >= 0.3 is 85.9 Å². The van der Waals surface area contributed by atoms with Gasteiger partial charge in [-0.2, -0.15) is 0 Å². The molecule has 12 nitrogen and oxygen atoms in total. The van der Waals surface area contributed by atoms with Crippen molar-refractivity contribution >= 4 is 94.9 Å². The van der Waals surface area contributed by atoms with Gasteiger partial charge in [0.15, 0.2) is 9.04 Å². The second-order valence-corrected chi connectivity index (χ2v) is 54.3. The maximum absolute atomic E-state index is 6.78. The van der Waals surface area contributed by atoms with E-state index in [1.54, 1.807) is 0 Å². The molecule has 0 amide bonds. The summed E-state index contributed by atoms with van der Waals surface area (Å²) in [5, 5.41) is 0. The lowest BCUT2D eigenvalue weighted by Crippen LogP contribution is -2.62. The molecule has 0 aromatic rings. The Morgan fingerprint density at radius 1 is 0.312 bits per heavy atom. The van der Waals surface area contributed by atoms with Crippen LogP contribution in [0.4, 0.5) is 0 Å². The maximum atomic E-state index is 6.78. The molecule has 48 heavy (non-hydrogen) atoms. The molecule has 0 saturated carbocycles. The van der Waals surface area contributed by atoms with E-state index in [4.69, 9.17) is 50.0 Å². The van der Waals surface area contributed by atoms with Gasteiger partial charge in [-0.05, 0) is 145 Å². The third-order valence-electron chi connectivity index (χ3n) is 5.70. The van der Waals surface area contributed by atoms with Gasteiger partial charge in [-0.1, -0.05) is 0 Å². The molecule has 0 saturated heterocycles. The molecule has 0 bridgehead atoms. The van der Waals surface area contributed by atoms with Crippen molar-refractivity contribution in [2.75, 3.05) is 13.2 Å². The minimum Gasteiger partial charge on any atom is -0.440 e. The van der Waals surface area contributed by atoms with Crippen molar-refractivity contribution in [3.05, 3.63) is 0 Å². The van der Waals surface area contributed by atoms with E-state index in [-0.39, 0.29) is 0 Å². The highest BCUT2D eigenvalue weighted by Gasteiger charge is 2.51. The maximum Gasteiger partial charge on any atom is 0.488 e. The van der Waals surface area contributed by atoms with Gasteiger partial charge in [0, 0.05) is 19.8 Å². The average Bonchev–Trinajstić information content (AvgIpc) is 2.63. The van der Waals surface area contributed by atoms with Gasteiger partial charge in [-0.25, -0.2) is 0 Å². The van der Waals surface area contributed by atoms with Crippen LogP contribution in [-0.4, -0.2) is 108 Å². The molecule has 0 aromatic carbocycles. The van der Waals surface area contributed by atoms with E-state index in [2.05, 4.69) is 91.7 Å². The van der Waals surface area contributed by atoms with Crippen LogP contribution in [0.2, 0.25) is 137 Å². The summed E-state index contributed by atoms with van der Waals surface area (Å²) in [4.78, 5) is 0. The molecule has 0 aliphatic carbocycles. The van der Waals surface area contributed by atoms with Crippen molar-refractivity contribution in [1.29, 1.82) is 0 Å². The van der Waals surface area contributed by atoms with Gasteiger partial charge in [-0.3, -0.25) is 0 Å². The van der Waals surface area contributed by atoms with Crippen molar-refractivity contribution in [3.63, 3.8) is 0 Å². The number of hydrogen-bond donors (Lipinski definition) is 0. The van der Waals surface area contributed by atoms with E-state index < -0.39 is 94.9 Å². The highest BCUT2D eigenvalue weighted by molar-refractivity contribution is 6.93. The lowest BCUT2D eigenvalue weighted by Gasteiger charge is -2.44. The fourth-order valence-corrected chi connectivity index (χ4v) is 59.1. The highest BCUT2D eigenvalue weighted by Crippen LogP contribution is 2.31. The summed E-state index contributed by atoms with van der Waals surface area (Å²) in [6.07, 6.45) is 0. The molecule has 0 N–H and O–H groups in total. The normalized spacial score (nSPS) is 15.5. The zero-order valence-corrected chi connectivity index (χ0v) is 46.0. The topological polar surface area (TPSA) is 111 Å². The summed E-state index contributed by atoms with van der Waals surface area (Å²) in [6.45, 7) is 48.2. The zero-order chi connectivity index (χ0) is 38.5. The predicted octanol–water partition coefficient (Wildman–Crippen LogP) is 8.09. The Bertz CT molecular complexity index is 990. The first-order valence-electron chi connectivity index (χ1n) is 17.2. The third kappa shape index (κ3) is 22.2. The van der Waals surface area contributed by atoms with Crippen LogP contribution in [0.5, 0.6) is 0 Å². The molecule has 0 aromatic heterocycles. The Hall–Kier alpha value is 1.91. The Kier molecular flexibility index (Phi) is 18.7. The number of hydrogen-bond acceptors (Lipinski definition) is 12. The Morgan fingerprint density at radius 2 is 0.500 bits per heavy atom. The fraction of sp³-hybridized carbons (Fsp3) is 1.00. The van der Waals surface area contributed by atoms with Crippen LogP contribution < -0.4 is 0 Å². The largest absolute Gasteiger partial charge is 0.488 e. The van der Waals surface area contributed by atoms with Gasteiger partial charge in [0.05, 0.1) is 0 Å². The zero-order valence-electron chi connectivity index (χ0n) is 34.9. The lowest BCUT2D eigenvalue weighted by molar-refractivity contribution is 0.111. The van der Waals surface area contributed by atoms with Crippen LogP contribution in [0.25, 0.3) is 0 Å². The summed E-state index contributed by atoms with van der Waals surface area (Å²) in [5.41, 5.74) is 0. The molecule has 0 fully saturated rings. The molecule has 0 aliphatic rings. The van der Waals surface area contributed by atoms with Crippen molar-refractivity contribution in [2.24, 2.45) is 0 Å². The number of rotatable bonds is 24. The summed E-state index contributed by atoms with van der Waals surface area (Å²) < 4.78 is 78.2. The molecule has 23 heteroatoms. The van der Waals surface area contributed by atoms with Gasteiger partial charge in [0.2, 0.25) is 0 Å². The van der Waals surface area contributed by atoms with Gasteiger partial charge in [0.25, 0.3) is 0 Å². The van der Waals surface area contributed by atoms with Crippen LogP contribution in [0.3, 0.4) is 0 Å². The van der Waals surface area contributed by atoms with Crippen LogP contribution >= 0.6 is 0 Å². The fourth-order valence-electron chi connectivity index (χ4n) is 6.57. The summed E-state index contributed by atoms with van der Waals surface area (Å²) in [5.74, 6) is 0. The average molecular weight is 876 g/mol. The third-order valence-corrected chi connectivity index (χ3v) is 46.4. The minimum absolute atomic E-state index is 0.518. The summed E-state index contributed by atoms with van der Waals surface area (Å²) >= 11 is 0. The second-order valence-electron chi connectivity index (χ2n) is 16.4. The molecule has 0 atom stereocenters. The summed E-state index contributed by atoms with van der Waals surface area (Å²) in [7, 11) is -27.7. The molecule has 0 rings (SSSR count). The smallest absolute Gasteiger partial charge is 0.440 e. The molecule has 290 valence electrons. The second kappa shape index (κ2) is 18.0. The standard InChI is InChI=1S/C25H74O12Si11/c1-24-26-48(23,27-25-2)37-47(21,22)36-46(19,20)35-45(17,18)34-44(15,16)33-43(13,14)32-42(11,12)31-41(9,10)30-40(7,8)29-39(5,6)28-38(3)4/h38H,24-25H2,1-23H3. The Balaban J connectivity index is 5.55. The van der Waals surface area contributed by atoms with E-state index in [0.29, 0.717) is 13.2 Å². The predicted molar refractivity (Wildman–Crippen MR) is 222 cm³/mol. The Morgan fingerprint density at radius 3 is 0.688 bits per heavy atom. The first-order chi connectivity index (χ1) is 20.9. The van der Waals surface area contributed by atoms with Crippen LogP contribution in [0.1, 0.15) is 13.8 Å². The first kappa shape index (κ1) is 49.9. The molecular formula is C25H74O12Si11. The molecule has 0 radical (unpaired) electrons. The highest BCUT2D eigenvalue weighted by atomic mass is 28.5. The van der Waals surface area contributed by atoms with Crippen molar-refractivity contribution in [2.45, 2.75) is 151 Å². The Labute approximate surface area is 307 Å². The SMILES string of the molecule is CCO[Si](C)(OCC)O[Si](C)(C)O[Si](C)(C)O[Si](C)(C)O[Si](C)(C)O[Si](C)(C)O[Si](C)(C)O[Si](C)(C)O[Si](C)(C)O[Si](C)(C)O[SiH](C)C. The molecule has 0 aliphatic heterocycles. The van der Waals surface area contributed by atoms with Gasteiger partial charge in [-0.15, -0.1) is 0 Å². The van der Waals surface area contributed by atoms with Crippen LogP contribution in [0, 0.1) is 0 Å². The quantitative estimate of drug-likeness (QED) is 0.0875. The van der Waals surface area contributed by atoms with Crippen LogP contribution in [0.15, 0.2) is 0 Å².